The van der Waals surface area contributed by atoms with Gasteiger partial charge in [0.1, 0.15) is 11.4 Å². The number of carbonyl (C=O) groups excluding carboxylic acids is 1. The lowest BCUT2D eigenvalue weighted by Gasteiger charge is -2.28. The summed E-state index contributed by atoms with van der Waals surface area (Å²) in [6.07, 6.45) is 0.338. The highest BCUT2D eigenvalue weighted by Crippen LogP contribution is 2.16. The summed E-state index contributed by atoms with van der Waals surface area (Å²) in [6, 6.07) is 7.06. The lowest BCUT2D eigenvalue weighted by atomic mass is 10.1. The SMILES string of the molecule is CC(Cc1cccc(O)c1)N(C)C(=O)OC(C)(C)C. The van der Waals surface area contributed by atoms with Crippen LogP contribution in [0.1, 0.15) is 33.3 Å². The number of hydrogen-bond acceptors (Lipinski definition) is 3. The van der Waals surface area contributed by atoms with E-state index in [1.165, 1.54) is 0 Å². The fraction of sp³-hybridized carbons (Fsp3) is 0.533. The minimum atomic E-state index is -0.490. The molecule has 0 fully saturated rings. The Morgan fingerprint density at radius 2 is 2.05 bits per heavy atom. The van der Waals surface area contributed by atoms with Crippen molar-refractivity contribution in [2.45, 2.75) is 45.8 Å². The molecule has 1 amide bonds. The van der Waals surface area contributed by atoms with Crippen molar-refractivity contribution < 1.29 is 14.6 Å². The number of phenols is 1. The van der Waals surface area contributed by atoms with E-state index in [0.717, 1.165) is 5.56 Å². The molecule has 0 radical (unpaired) electrons. The van der Waals surface area contributed by atoms with E-state index >= 15 is 0 Å². The van der Waals surface area contributed by atoms with E-state index in [0.29, 0.717) is 6.42 Å². The standard InChI is InChI=1S/C15H23NO3/c1-11(9-12-7-6-8-13(17)10-12)16(5)14(18)19-15(2,3)4/h6-8,10-11,17H,9H2,1-5H3. The van der Waals surface area contributed by atoms with Gasteiger partial charge in [0.25, 0.3) is 0 Å². The molecular formula is C15H23NO3. The molecule has 0 aromatic heterocycles. The maximum Gasteiger partial charge on any atom is 0.410 e. The molecule has 4 nitrogen and oxygen atoms in total. The number of benzene rings is 1. The van der Waals surface area contributed by atoms with E-state index < -0.39 is 5.60 Å². The van der Waals surface area contributed by atoms with Gasteiger partial charge in [-0.05, 0) is 51.8 Å². The van der Waals surface area contributed by atoms with Crippen molar-refractivity contribution >= 4 is 6.09 Å². The number of amides is 1. The van der Waals surface area contributed by atoms with Gasteiger partial charge in [-0.25, -0.2) is 4.79 Å². The molecule has 0 spiro atoms. The number of hydrogen-bond donors (Lipinski definition) is 1. The second-order valence-corrected chi connectivity index (χ2v) is 5.81. The first-order chi connectivity index (χ1) is 8.69. The molecule has 1 unspecified atom stereocenters. The van der Waals surface area contributed by atoms with Crippen LogP contribution in [0.25, 0.3) is 0 Å². The van der Waals surface area contributed by atoms with Crippen LogP contribution in [0.5, 0.6) is 5.75 Å². The van der Waals surface area contributed by atoms with Crippen LogP contribution in [0.4, 0.5) is 4.79 Å². The zero-order valence-corrected chi connectivity index (χ0v) is 12.3. The van der Waals surface area contributed by atoms with Gasteiger partial charge in [-0.3, -0.25) is 0 Å². The third-order valence-electron chi connectivity index (χ3n) is 2.78. The molecule has 0 heterocycles. The van der Waals surface area contributed by atoms with Gasteiger partial charge >= 0.3 is 6.09 Å². The molecule has 19 heavy (non-hydrogen) atoms. The van der Waals surface area contributed by atoms with Crippen LogP contribution in [0.3, 0.4) is 0 Å². The predicted molar refractivity (Wildman–Crippen MR) is 75.3 cm³/mol. The van der Waals surface area contributed by atoms with Crippen LogP contribution >= 0.6 is 0 Å². The van der Waals surface area contributed by atoms with Crippen molar-refractivity contribution in [3.05, 3.63) is 29.8 Å². The Kier molecular flexibility index (Phi) is 4.81. The molecule has 1 aromatic carbocycles. The molecule has 4 heteroatoms. The van der Waals surface area contributed by atoms with Crippen molar-refractivity contribution in [2.75, 3.05) is 7.05 Å². The second-order valence-electron chi connectivity index (χ2n) is 5.81. The Morgan fingerprint density at radius 1 is 1.42 bits per heavy atom. The van der Waals surface area contributed by atoms with Crippen LogP contribution in [0.2, 0.25) is 0 Å². The summed E-state index contributed by atoms with van der Waals surface area (Å²) in [7, 11) is 1.72. The highest BCUT2D eigenvalue weighted by atomic mass is 16.6. The summed E-state index contributed by atoms with van der Waals surface area (Å²) < 4.78 is 5.32. The van der Waals surface area contributed by atoms with Crippen molar-refractivity contribution in [1.29, 1.82) is 0 Å². The lowest BCUT2D eigenvalue weighted by Crippen LogP contribution is -2.40. The third kappa shape index (κ3) is 5.20. The Morgan fingerprint density at radius 3 is 2.58 bits per heavy atom. The highest BCUT2D eigenvalue weighted by molar-refractivity contribution is 5.68. The molecule has 1 N–H and O–H groups in total. The average Bonchev–Trinajstić information content (AvgIpc) is 2.25. The molecule has 1 atom stereocenters. The normalized spacial score (nSPS) is 12.9. The summed E-state index contributed by atoms with van der Waals surface area (Å²) >= 11 is 0. The quantitative estimate of drug-likeness (QED) is 0.913. The minimum absolute atomic E-state index is 0.00310. The summed E-state index contributed by atoms with van der Waals surface area (Å²) in [5.74, 6) is 0.240. The third-order valence-corrected chi connectivity index (χ3v) is 2.78. The van der Waals surface area contributed by atoms with Gasteiger partial charge in [0.15, 0.2) is 0 Å². The molecule has 0 saturated heterocycles. The maximum atomic E-state index is 11.9. The Bertz CT molecular complexity index is 437. The molecule has 1 rings (SSSR count). The second kappa shape index (κ2) is 5.95. The highest BCUT2D eigenvalue weighted by Gasteiger charge is 2.22. The monoisotopic (exact) mass is 265 g/mol. The first-order valence-electron chi connectivity index (χ1n) is 6.43. The zero-order chi connectivity index (χ0) is 14.6. The number of nitrogens with zero attached hydrogens (tertiary/aromatic N) is 1. The number of carbonyl (C=O) groups is 1. The van der Waals surface area contributed by atoms with E-state index in [4.69, 9.17) is 4.74 Å². The fourth-order valence-electron chi connectivity index (χ4n) is 1.68. The van der Waals surface area contributed by atoms with Gasteiger partial charge in [0, 0.05) is 13.1 Å². The average molecular weight is 265 g/mol. The van der Waals surface area contributed by atoms with Crippen LogP contribution < -0.4 is 0 Å². The lowest BCUT2D eigenvalue weighted by molar-refractivity contribution is 0.0236. The Labute approximate surface area is 115 Å². The largest absolute Gasteiger partial charge is 0.508 e. The first-order valence-corrected chi connectivity index (χ1v) is 6.43. The van der Waals surface area contributed by atoms with Gasteiger partial charge in [-0.15, -0.1) is 0 Å². The molecule has 0 aliphatic carbocycles. The molecule has 0 bridgehead atoms. The number of aromatic hydroxyl groups is 1. The zero-order valence-electron chi connectivity index (χ0n) is 12.3. The summed E-state index contributed by atoms with van der Waals surface area (Å²) in [5, 5.41) is 9.42. The molecule has 0 aliphatic heterocycles. The van der Waals surface area contributed by atoms with Crippen LogP contribution in [-0.2, 0) is 11.2 Å². The first kappa shape index (κ1) is 15.3. The number of ether oxygens (including phenoxy) is 1. The van der Waals surface area contributed by atoms with Crippen LogP contribution in [-0.4, -0.2) is 34.8 Å². The van der Waals surface area contributed by atoms with Gasteiger partial charge in [-0.2, -0.15) is 0 Å². The molecule has 1 aromatic rings. The van der Waals surface area contributed by atoms with E-state index in [-0.39, 0.29) is 17.9 Å². The number of likely N-dealkylation sites (N-methyl/N-ethyl adjacent to an activating group) is 1. The topological polar surface area (TPSA) is 49.8 Å². The van der Waals surface area contributed by atoms with Crippen molar-refractivity contribution in [1.82, 2.24) is 4.90 Å². The van der Waals surface area contributed by atoms with Crippen molar-refractivity contribution in [3.63, 3.8) is 0 Å². The summed E-state index contributed by atoms with van der Waals surface area (Å²) in [5.41, 5.74) is 0.499. The molecule has 0 aliphatic rings. The van der Waals surface area contributed by atoms with E-state index in [2.05, 4.69) is 0 Å². The van der Waals surface area contributed by atoms with Gasteiger partial charge in [0.2, 0.25) is 0 Å². The van der Waals surface area contributed by atoms with E-state index in [9.17, 15) is 9.90 Å². The molecule has 0 saturated carbocycles. The smallest absolute Gasteiger partial charge is 0.410 e. The minimum Gasteiger partial charge on any atom is -0.508 e. The molecular weight excluding hydrogens is 242 g/mol. The van der Waals surface area contributed by atoms with E-state index in [1.807, 2.05) is 33.8 Å². The fourth-order valence-corrected chi connectivity index (χ4v) is 1.68. The van der Waals surface area contributed by atoms with Crippen LogP contribution in [0.15, 0.2) is 24.3 Å². The number of phenolic OH excluding ortho intramolecular Hbond substituents is 1. The summed E-state index contributed by atoms with van der Waals surface area (Å²) in [4.78, 5) is 13.5. The number of rotatable bonds is 3. The van der Waals surface area contributed by atoms with Gasteiger partial charge in [0.05, 0.1) is 0 Å². The Balaban J connectivity index is 2.62. The van der Waals surface area contributed by atoms with Crippen molar-refractivity contribution in [2.24, 2.45) is 0 Å². The van der Waals surface area contributed by atoms with Crippen LogP contribution in [0, 0.1) is 0 Å². The van der Waals surface area contributed by atoms with Gasteiger partial charge in [-0.1, -0.05) is 12.1 Å². The summed E-state index contributed by atoms with van der Waals surface area (Å²) in [6.45, 7) is 7.49. The molecule has 106 valence electrons. The maximum absolute atomic E-state index is 11.9. The predicted octanol–water partition coefficient (Wildman–Crippen LogP) is 3.19. The van der Waals surface area contributed by atoms with E-state index in [1.54, 1.807) is 30.1 Å². The van der Waals surface area contributed by atoms with Crippen molar-refractivity contribution in [3.8, 4) is 5.75 Å². The van der Waals surface area contributed by atoms with Gasteiger partial charge < -0.3 is 14.7 Å². The Hall–Kier alpha value is -1.71.